The molecular formula is C33H45N3O7S2. The number of aliphatic hydroxyl groups is 1. The lowest BCUT2D eigenvalue weighted by Gasteiger charge is -2.38. The van der Waals surface area contributed by atoms with E-state index in [0.717, 1.165) is 30.0 Å². The second-order valence-electron chi connectivity index (χ2n) is 12.2. The van der Waals surface area contributed by atoms with Crippen LogP contribution in [0.4, 0.5) is 0 Å². The monoisotopic (exact) mass is 659 g/mol. The lowest BCUT2D eigenvalue weighted by molar-refractivity contribution is -0.0312. The Hall–Kier alpha value is -2.58. The molecule has 0 amide bonds. The number of hydrogen-bond donors (Lipinski definition) is 3. The highest BCUT2D eigenvalue weighted by Crippen LogP contribution is 2.37. The molecule has 2 aliphatic rings. The summed E-state index contributed by atoms with van der Waals surface area (Å²) in [5.41, 5.74) is -0.386. The predicted molar refractivity (Wildman–Crippen MR) is 174 cm³/mol. The Kier molecular flexibility index (Phi) is 10.8. The van der Waals surface area contributed by atoms with E-state index in [0.29, 0.717) is 49.7 Å². The molecule has 12 heteroatoms. The SMILES string of the molecule is CCC(CC)CNS(=O)(=O)c1cccc(OCC(O)CNC2COC3(CCN(S(=O)(=O)c4ccc5ccccc5c4)CC3)C2)c1. The average Bonchev–Trinajstić information content (AvgIpc) is 3.45. The first kappa shape index (κ1) is 33.8. The molecule has 3 N–H and O–H groups in total. The van der Waals surface area contributed by atoms with E-state index in [1.165, 1.54) is 12.1 Å². The maximum Gasteiger partial charge on any atom is 0.243 e. The minimum absolute atomic E-state index is 0.00200. The number of piperidine rings is 1. The van der Waals surface area contributed by atoms with Crippen molar-refractivity contribution in [2.45, 2.75) is 73.5 Å². The first-order valence-corrected chi connectivity index (χ1v) is 18.7. The quantitative estimate of drug-likeness (QED) is 0.237. The molecule has 2 aliphatic heterocycles. The Labute approximate surface area is 267 Å². The molecule has 45 heavy (non-hydrogen) atoms. The highest BCUT2D eigenvalue weighted by atomic mass is 32.2. The zero-order valence-electron chi connectivity index (χ0n) is 26.0. The fraction of sp³-hybridized carbons (Fsp3) is 0.515. The normalized spacial score (nSPS) is 19.8. The van der Waals surface area contributed by atoms with E-state index in [1.54, 1.807) is 28.6 Å². The molecule has 0 bridgehead atoms. The van der Waals surface area contributed by atoms with Gasteiger partial charge in [0.2, 0.25) is 20.0 Å². The lowest BCUT2D eigenvalue weighted by atomic mass is 9.88. The number of benzene rings is 3. The largest absolute Gasteiger partial charge is 0.491 e. The molecular weight excluding hydrogens is 615 g/mol. The number of hydrogen-bond acceptors (Lipinski definition) is 8. The zero-order chi connectivity index (χ0) is 32.1. The number of sulfonamides is 2. The molecule has 246 valence electrons. The molecule has 2 saturated heterocycles. The van der Waals surface area contributed by atoms with Crippen LogP contribution in [0.2, 0.25) is 0 Å². The Morgan fingerprint density at radius 3 is 2.40 bits per heavy atom. The third-order valence-electron chi connectivity index (χ3n) is 9.12. The van der Waals surface area contributed by atoms with Gasteiger partial charge in [-0.1, -0.05) is 63.1 Å². The van der Waals surface area contributed by atoms with Crippen molar-refractivity contribution in [2.24, 2.45) is 5.92 Å². The smallest absolute Gasteiger partial charge is 0.243 e. The fourth-order valence-electron chi connectivity index (χ4n) is 6.11. The first-order valence-electron chi connectivity index (χ1n) is 15.8. The van der Waals surface area contributed by atoms with Gasteiger partial charge in [0.15, 0.2) is 0 Å². The van der Waals surface area contributed by atoms with Gasteiger partial charge >= 0.3 is 0 Å². The molecule has 0 aromatic heterocycles. The molecule has 2 unspecified atom stereocenters. The molecule has 2 atom stereocenters. The van der Waals surface area contributed by atoms with Crippen molar-refractivity contribution < 1.29 is 31.4 Å². The predicted octanol–water partition coefficient (Wildman–Crippen LogP) is 3.90. The molecule has 3 aromatic carbocycles. The average molecular weight is 660 g/mol. The van der Waals surface area contributed by atoms with Crippen molar-refractivity contribution in [3.63, 3.8) is 0 Å². The topological polar surface area (TPSA) is 134 Å². The molecule has 0 saturated carbocycles. The number of rotatable bonds is 14. The summed E-state index contributed by atoms with van der Waals surface area (Å²) in [6.45, 7) is 6.01. The van der Waals surface area contributed by atoms with Crippen molar-refractivity contribution in [3.8, 4) is 5.75 Å². The highest BCUT2D eigenvalue weighted by molar-refractivity contribution is 7.89. The Morgan fingerprint density at radius 2 is 1.67 bits per heavy atom. The number of nitrogens with one attached hydrogen (secondary N) is 2. The second kappa shape index (κ2) is 14.5. The lowest BCUT2D eigenvalue weighted by Crippen LogP contribution is -2.47. The van der Waals surface area contributed by atoms with E-state index >= 15 is 0 Å². The molecule has 0 aliphatic carbocycles. The van der Waals surface area contributed by atoms with Gasteiger partial charge in [0.1, 0.15) is 18.5 Å². The van der Waals surface area contributed by atoms with E-state index in [4.69, 9.17) is 9.47 Å². The standard InChI is InChI=1S/C33H45N3O7S2/c1-3-25(4-2)21-35-44(38,39)31-11-7-10-30(19-31)42-24-29(37)22-34-28-20-33(43-23-28)14-16-36(17-15-33)45(40,41)32-13-12-26-8-5-6-9-27(26)18-32/h5-13,18-19,25,28-29,34-35,37H,3-4,14-17,20-24H2,1-2H3. The van der Waals surface area contributed by atoms with Crippen molar-refractivity contribution in [1.82, 2.24) is 14.3 Å². The van der Waals surface area contributed by atoms with E-state index in [1.807, 2.05) is 44.2 Å². The van der Waals surface area contributed by atoms with Crippen LogP contribution in [0, 0.1) is 5.92 Å². The molecule has 1 spiro atoms. The van der Waals surface area contributed by atoms with E-state index < -0.39 is 26.2 Å². The molecule has 2 heterocycles. The minimum atomic E-state index is -3.66. The van der Waals surface area contributed by atoms with Crippen molar-refractivity contribution in [1.29, 1.82) is 0 Å². The summed E-state index contributed by atoms with van der Waals surface area (Å²) >= 11 is 0. The highest BCUT2D eigenvalue weighted by Gasteiger charge is 2.44. The zero-order valence-corrected chi connectivity index (χ0v) is 27.7. The fourth-order valence-corrected chi connectivity index (χ4v) is 8.74. The summed E-state index contributed by atoms with van der Waals surface area (Å²) in [6.07, 6.45) is 2.93. The van der Waals surface area contributed by atoms with Crippen LogP contribution in [0.1, 0.15) is 46.0 Å². The third-order valence-corrected chi connectivity index (χ3v) is 12.4. The molecule has 2 fully saturated rings. The van der Waals surface area contributed by atoms with Crippen LogP contribution in [0.15, 0.2) is 76.5 Å². The van der Waals surface area contributed by atoms with Gasteiger partial charge in [-0.2, -0.15) is 4.31 Å². The molecule has 0 radical (unpaired) electrons. The summed E-state index contributed by atoms with van der Waals surface area (Å²) in [6, 6.07) is 19.3. The maximum absolute atomic E-state index is 13.4. The molecule has 10 nitrogen and oxygen atoms in total. The number of ether oxygens (including phenoxy) is 2. The van der Waals surface area contributed by atoms with Crippen LogP contribution in [0.5, 0.6) is 5.75 Å². The van der Waals surface area contributed by atoms with Gasteiger partial charge in [-0.3, -0.25) is 0 Å². The van der Waals surface area contributed by atoms with Crippen LogP contribution < -0.4 is 14.8 Å². The Bertz CT molecular complexity index is 1650. The maximum atomic E-state index is 13.4. The van der Waals surface area contributed by atoms with E-state index in [2.05, 4.69) is 10.0 Å². The summed E-state index contributed by atoms with van der Waals surface area (Å²) in [5.74, 6) is 0.653. The minimum Gasteiger partial charge on any atom is -0.491 e. The van der Waals surface area contributed by atoms with Crippen LogP contribution in [0.3, 0.4) is 0 Å². The van der Waals surface area contributed by atoms with Crippen LogP contribution >= 0.6 is 0 Å². The second-order valence-corrected chi connectivity index (χ2v) is 15.9. The van der Waals surface area contributed by atoms with Gasteiger partial charge in [-0.05, 0) is 60.2 Å². The van der Waals surface area contributed by atoms with Crippen LogP contribution in [-0.4, -0.2) is 83.4 Å². The Balaban J connectivity index is 1.06. The van der Waals surface area contributed by atoms with Gasteiger partial charge < -0.3 is 19.9 Å². The van der Waals surface area contributed by atoms with Crippen LogP contribution in [-0.2, 0) is 24.8 Å². The summed E-state index contributed by atoms with van der Waals surface area (Å²) in [7, 11) is -7.27. The molecule has 3 aromatic rings. The van der Waals surface area contributed by atoms with E-state index in [-0.39, 0.29) is 35.6 Å². The van der Waals surface area contributed by atoms with Gasteiger partial charge in [0.25, 0.3) is 0 Å². The summed E-state index contributed by atoms with van der Waals surface area (Å²) in [4.78, 5) is 0.436. The van der Waals surface area contributed by atoms with E-state index in [9.17, 15) is 21.9 Å². The summed E-state index contributed by atoms with van der Waals surface area (Å²) in [5, 5.41) is 15.8. The van der Waals surface area contributed by atoms with Gasteiger partial charge in [-0.15, -0.1) is 0 Å². The third kappa shape index (κ3) is 8.23. The first-order chi connectivity index (χ1) is 21.5. The van der Waals surface area contributed by atoms with Crippen LogP contribution in [0.25, 0.3) is 10.8 Å². The molecule has 5 rings (SSSR count). The number of aliphatic hydroxyl groups excluding tert-OH is 1. The van der Waals surface area contributed by atoms with Crippen molar-refractivity contribution >= 4 is 30.8 Å². The Morgan fingerprint density at radius 1 is 0.933 bits per heavy atom. The number of nitrogens with zero attached hydrogens (tertiary/aromatic N) is 1. The van der Waals surface area contributed by atoms with Gasteiger partial charge in [0.05, 0.1) is 22.0 Å². The van der Waals surface area contributed by atoms with Gasteiger partial charge in [-0.25, -0.2) is 21.6 Å². The number of fused-ring (bicyclic) bond motifs is 1. The van der Waals surface area contributed by atoms with Crippen molar-refractivity contribution in [2.75, 3.05) is 39.4 Å². The summed E-state index contributed by atoms with van der Waals surface area (Å²) < 4.78 is 68.4. The van der Waals surface area contributed by atoms with Gasteiger partial charge in [0, 0.05) is 38.3 Å². The van der Waals surface area contributed by atoms with Crippen molar-refractivity contribution in [3.05, 3.63) is 66.7 Å².